The third kappa shape index (κ3) is 3.62. The zero-order valence-corrected chi connectivity index (χ0v) is 12.7. The predicted molar refractivity (Wildman–Crippen MR) is 84.1 cm³/mol. The molecule has 2 N–H and O–H groups in total. The molecule has 0 spiro atoms. The van der Waals surface area contributed by atoms with E-state index < -0.39 is 0 Å². The fourth-order valence-corrected chi connectivity index (χ4v) is 2.94. The Labute approximate surface area is 131 Å². The first-order valence-electron chi connectivity index (χ1n) is 6.56. The summed E-state index contributed by atoms with van der Waals surface area (Å²) in [5, 5.41) is 10.7. The summed E-state index contributed by atoms with van der Waals surface area (Å²) in [5.74, 6) is 0. The number of anilines is 2. The third-order valence-electron chi connectivity index (χ3n) is 3.29. The largest absolute Gasteiger partial charge is 0.369 e. The van der Waals surface area contributed by atoms with E-state index >= 15 is 0 Å². The smallest absolute Gasteiger partial charge is 0.320 e. The fourth-order valence-electron chi connectivity index (χ4n) is 2.34. The Morgan fingerprint density at radius 1 is 1.48 bits per heavy atom. The molecule has 8 heteroatoms. The second-order valence-corrected chi connectivity index (χ2v) is 6.01. The lowest BCUT2D eigenvalue weighted by Gasteiger charge is -2.19. The Morgan fingerprint density at radius 2 is 2.38 bits per heavy atom. The summed E-state index contributed by atoms with van der Waals surface area (Å²) in [4.78, 5) is 14.1. The van der Waals surface area contributed by atoms with E-state index in [4.69, 9.17) is 11.6 Å². The van der Waals surface area contributed by atoms with Crippen molar-refractivity contribution < 1.29 is 4.79 Å². The van der Waals surface area contributed by atoms with Crippen LogP contribution < -0.4 is 15.5 Å². The molecule has 2 amide bonds. The molecule has 110 valence electrons. The highest BCUT2D eigenvalue weighted by molar-refractivity contribution is 7.10. The second kappa shape index (κ2) is 6.28. The molecule has 0 bridgehead atoms. The monoisotopic (exact) mass is 323 g/mol. The van der Waals surface area contributed by atoms with Gasteiger partial charge in [-0.2, -0.15) is 0 Å². The normalized spacial score (nSPS) is 17.8. The van der Waals surface area contributed by atoms with E-state index in [1.165, 1.54) is 6.20 Å². The number of halogens is 1. The fraction of sp³-hybridized carbons (Fsp3) is 0.308. The van der Waals surface area contributed by atoms with Gasteiger partial charge in [0.1, 0.15) is 5.00 Å². The molecular formula is C13H14ClN5OS. The van der Waals surface area contributed by atoms with E-state index in [0.717, 1.165) is 41.8 Å². The minimum atomic E-state index is -0.223. The van der Waals surface area contributed by atoms with Crippen LogP contribution in [0.3, 0.4) is 0 Å². The highest BCUT2D eigenvalue weighted by Crippen LogP contribution is 2.23. The van der Waals surface area contributed by atoms with Crippen LogP contribution in [0.1, 0.15) is 6.42 Å². The van der Waals surface area contributed by atoms with Gasteiger partial charge in [-0.1, -0.05) is 22.2 Å². The topological polar surface area (TPSA) is 70.1 Å². The van der Waals surface area contributed by atoms with Gasteiger partial charge in [-0.3, -0.25) is 5.32 Å². The van der Waals surface area contributed by atoms with Crippen molar-refractivity contribution in [3.05, 3.63) is 35.5 Å². The molecule has 2 aromatic rings. The first-order valence-corrected chi connectivity index (χ1v) is 7.71. The zero-order valence-electron chi connectivity index (χ0n) is 11.1. The molecule has 1 aromatic carbocycles. The van der Waals surface area contributed by atoms with Crippen LogP contribution in [-0.2, 0) is 0 Å². The number of urea groups is 1. The highest BCUT2D eigenvalue weighted by atomic mass is 35.5. The number of carbonyl (C=O) groups is 1. The van der Waals surface area contributed by atoms with Crippen molar-refractivity contribution in [3.8, 4) is 0 Å². The van der Waals surface area contributed by atoms with Crippen LogP contribution in [0.15, 0.2) is 30.5 Å². The molecule has 0 saturated carbocycles. The molecule has 6 nitrogen and oxygen atoms in total. The number of hydrogen-bond donors (Lipinski definition) is 2. The van der Waals surface area contributed by atoms with Gasteiger partial charge in [-0.05, 0) is 24.6 Å². The van der Waals surface area contributed by atoms with Crippen LogP contribution in [0.5, 0.6) is 0 Å². The Bertz CT molecular complexity index is 621. The Morgan fingerprint density at radius 3 is 3.14 bits per heavy atom. The van der Waals surface area contributed by atoms with Gasteiger partial charge >= 0.3 is 6.03 Å². The van der Waals surface area contributed by atoms with Crippen molar-refractivity contribution in [3.63, 3.8) is 0 Å². The van der Waals surface area contributed by atoms with E-state index in [2.05, 4.69) is 25.1 Å². The number of nitrogens with one attached hydrogen (secondary N) is 2. The number of aromatic nitrogens is 2. The molecule has 1 saturated heterocycles. The number of hydrogen-bond acceptors (Lipinski definition) is 5. The van der Waals surface area contributed by atoms with Crippen LogP contribution in [0, 0.1) is 0 Å². The molecule has 1 unspecified atom stereocenters. The zero-order chi connectivity index (χ0) is 14.7. The van der Waals surface area contributed by atoms with Crippen molar-refractivity contribution in [2.45, 2.75) is 12.5 Å². The van der Waals surface area contributed by atoms with E-state index in [-0.39, 0.29) is 12.1 Å². The van der Waals surface area contributed by atoms with Gasteiger partial charge in [0.25, 0.3) is 0 Å². The molecule has 0 aliphatic carbocycles. The molecule has 1 fully saturated rings. The quantitative estimate of drug-likeness (QED) is 0.911. The van der Waals surface area contributed by atoms with Crippen molar-refractivity contribution in [2.24, 2.45) is 0 Å². The van der Waals surface area contributed by atoms with Crippen molar-refractivity contribution in [1.29, 1.82) is 0 Å². The summed E-state index contributed by atoms with van der Waals surface area (Å²) < 4.78 is 3.70. The van der Waals surface area contributed by atoms with Gasteiger partial charge in [-0.15, -0.1) is 5.10 Å². The molecule has 0 radical (unpaired) electrons. The first-order chi connectivity index (χ1) is 10.2. The molecular weight excluding hydrogens is 310 g/mol. The van der Waals surface area contributed by atoms with Crippen LogP contribution in [0.2, 0.25) is 5.02 Å². The Kier molecular flexibility index (Phi) is 4.21. The lowest BCUT2D eigenvalue weighted by molar-refractivity contribution is 0.249. The number of benzene rings is 1. The maximum absolute atomic E-state index is 11.9. The van der Waals surface area contributed by atoms with Crippen LogP contribution >= 0.6 is 23.1 Å². The van der Waals surface area contributed by atoms with Crippen molar-refractivity contribution >= 4 is 39.9 Å². The first kappa shape index (κ1) is 14.1. The van der Waals surface area contributed by atoms with E-state index in [9.17, 15) is 4.79 Å². The third-order valence-corrected chi connectivity index (χ3v) is 4.11. The minimum Gasteiger partial charge on any atom is -0.369 e. The van der Waals surface area contributed by atoms with Gasteiger partial charge < -0.3 is 10.2 Å². The van der Waals surface area contributed by atoms with Crippen LogP contribution in [-0.4, -0.2) is 34.7 Å². The predicted octanol–water partition coefficient (Wildman–Crippen LogP) is 2.59. The molecule has 2 heterocycles. The van der Waals surface area contributed by atoms with Crippen LogP contribution in [0.25, 0.3) is 0 Å². The highest BCUT2D eigenvalue weighted by Gasteiger charge is 2.24. The molecule has 21 heavy (non-hydrogen) atoms. The minimum absolute atomic E-state index is 0.116. The SMILES string of the molecule is O=C(Nc1cnns1)NC1CCN(c2cccc(Cl)c2)C1. The van der Waals surface area contributed by atoms with Crippen molar-refractivity contribution in [2.75, 3.05) is 23.3 Å². The van der Waals surface area contributed by atoms with Crippen LogP contribution in [0.4, 0.5) is 15.5 Å². The second-order valence-electron chi connectivity index (χ2n) is 4.79. The lowest BCUT2D eigenvalue weighted by Crippen LogP contribution is -2.39. The number of carbonyl (C=O) groups excluding carboxylic acids is 1. The Balaban J connectivity index is 1.54. The van der Waals surface area contributed by atoms with Gasteiger partial charge in [0, 0.05) is 41.4 Å². The summed E-state index contributed by atoms with van der Waals surface area (Å²) in [6, 6.07) is 7.64. The summed E-state index contributed by atoms with van der Waals surface area (Å²) in [6.07, 6.45) is 2.43. The number of rotatable bonds is 3. The summed E-state index contributed by atoms with van der Waals surface area (Å²) in [6.45, 7) is 1.67. The van der Waals surface area contributed by atoms with Gasteiger partial charge in [0.15, 0.2) is 0 Å². The molecule has 1 aliphatic heterocycles. The van der Waals surface area contributed by atoms with Gasteiger partial charge in [0.05, 0.1) is 6.20 Å². The Hall–Kier alpha value is -1.86. The molecule has 1 aromatic heterocycles. The summed E-state index contributed by atoms with van der Waals surface area (Å²) in [7, 11) is 0. The average molecular weight is 324 g/mol. The molecule has 3 rings (SSSR count). The standard InChI is InChI=1S/C13H14ClN5OS/c14-9-2-1-3-11(6-9)19-5-4-10(8-19)16-13(20)17-12-7-15-18-21-12/h1-3,6-7,10H,4-5,8H2,(H2,16,17,20). The maximum Gasteiger partial charge on any atom is 0.320 e. The number of amides is 2. The molecule has 1 atom stereocenters. The van der Waals surface area contributed by atoms with Crippen molar-refractivity contribution in [1.82, 2.24) is 14.9 Å². The van der Waals surface area contributed by atoms with E-state index in [1.807, 2.05) is 24.3 Å². The van der Waals surface area contributed by atoms with E-state index in [0.29, 0.717) is 5.00 Å². The summed E-state index contributed by atoms with van der Waals surface area (Å²) in [5.41, 5.74) is 1.08. The average Bonchev–Trinajstić information content (AvgIpc) is 3.10. The van der Waals surface area contributed by atoms with E-state index in [1.54, 1.807) is 0 Å². The molecule has 1 aliphatic rings. The summed E-state index contributed by atoms with van der Waals surface area (Å²) >= 11 is 7.16. The van der Waals surface area contributed by atoms with Gasteiger partial charge in [-0.25, -0.2) is 4.79 Å². The lowest BCUT2D eigenvalue weighted by atomic mass is 10.3. The maximum atomic E-state index is 11.9. The van der Waals surface area contributed by atoms with Gasteiger partial charge in [0.2, 0.25) is 0 Å². The number of nitrogens with zero attached hydrogens (tertiary/aromatic N) is 3.